The maximum atomic E-state index is 13.2. The van der Waals surface area contributed by atoms with Crippen molar-refractivity contribution in [1.29, 1.82) is 0 Å². The Balaban J connectivity index is 2.09. The monoisotopic (exact) mass is 265 g/mol. The summed E-state index contributed by atoms with van der Waals surface area (Å²) < 4.78 is 19.0. The fraction of sp³-hybridized carbons (Fsp3) is 0.625. The Morgan fingerprint density at radius 2 is 2.26 bits per heavy atom. The molecule has 1 fully saturated rings. The Labute approximate surface area is 115 Å². The second-order valence-electron chi connectivity index (χ2n) is 5.34. The summed E-state index contributed by atoms with van der Waals surface area (Å²) in [4.78, 5) is 0. The highest BCUT2D eigenvalue weighted by atomic mass is 19.1. The molecule has 1 heterocycles. The van der Waals surface area contributed by atoms with E-state index < -0.39 is 0 Å². The first kappa shape index (κ1) is 14.5. The highest BCUT2D eigenvalue weighted by Crippen LogP contribution is 2.27. The highest BCUT2D eigenvalue weighted by molar-refractivity contribution is 5.29. The first-order valence-electron chi connectivity index (χ1n) is 7.31. The van der Waals surface area contributed by atoms with E-state index in [1.54, 1.807) is 12.1 Å². The van der Waals surface area contributed by atoms with E-state index in [9.17, 15) is 4.39 Å². The van der Waals surface area contributed by atoms with Crippen molar-refractivity contribution in [3.63, 3.8) is 0 Å². The lowest BCUT2D eigenvalue weighted by Crippen LogP contribution is -2.29. The predicted molar refractivity (Wildman–Crippen MR) is 75.8 cm³/mol. The minimum atomic E-state index is -0.162. The fourth-order valence-corrected chi connectivity index (χ4v) is 2.85. The summed E-state index contributed by atoms with van der Waals surface area (Å²) in [7, 11) is 0. The van der Waals surface area contributed by atoms with Crippen molar-refractivity contribution in [2.45, 2.75) is 51.7 Å². The van der Waals surface area contributed by atoms with Gasteiger partial charge in [-0.2, -0.15) is 0 Å². The van der Waals surface area contributed by atoms with Crippen molar-refractivity contribution >= 4 is 0 Å². The summed E-state index contributed by atoms with van der Waals surface area (Å²) in [6.45, 7) is 5.87. The number of aryl methyl sites for hydroxylation is 1. The second kappa shape index (κ2) is 7.01. The van der Waals surface area contributed by atoms with E-state index in [0.717, 1.165) is 31.6 Å². The van der Waals surface area contributed by atoms with Crippen LogP contribution in [0.15, 0.2) is 18.2 Å². The number of benzene rings is 1. The van der Waals surface area contributed by atoms with Crippen molar-refractivity contribution in [2.24, 2.45) is 0 Å². The van der Waals surface area contributed by atoms with Gasteiger partial charge in [0.2, 0.25) is 0 Å². The first-order chi connectivity index (χ1) is 9.20. The van der Waals surface area contributed by atoms with Crippen molar-refractivity contribution in [3.05, 3.63) is 35.1 Å². The third kappa shape index (κ3) is 4.02. The molecule has 1 aliphatic rings. The van der Waals surface area contributed by atoms with Crippen LogP contribution in [0.3, 0.4) is 0 Å². The minimum absolute atomic E-state index is 0.162. The summed E-state index contributed by atoms with van der Waals surface area (Å²) in [5.74, 6) is -0.162. The predicted octanol–water partition coefficient (Wildman–Crippen LogP) is 3.74. The lowest BCUT2D eigenvalue weighted by Gasteiger charge is -2.28. The van der Waals surface area contributed by atoms with Gasteiger partial charge in [0.15, 0.2) is 0 Å². The van der Waals surface area contributed by atoms with Gasteiger partial charge >= 0.3 is 0 Å². The quantitative estimate of drug-likeness (QED) is 0.875. The summed E-state index contributed by atoms with van der Waals surface area (Å²) in [5, 5.41) is 3.50. The molecule has 1 aromatic carbocycles. The molecule has 3 heteroatoms. The highest BCUT2D eigenvalue weighted by Gasteiger charge is 2.21. The number of ether oxygens (including phenoxy) is 1. The van der Waals surface area contributed by atoms with Gasteiger partial charge in [0.05, 0.1) is 6.10 Å². The standard InChI is InChI=1S/C16H24FNO/c1-3-18-16(11-14-6-4-5-9-19-14)15-8-7-13(17)10-12(15)2/h7-8,10,14,16,18H,3-6,9,11H2,1-2H3. The SMILES string of the molecule is CCNC(CC1CCCCO1)c1ccc(F)cc1C. The first-order valence-corrected chi connectivity index (χ1v) is 7.31. The number of halogens is 1. The smallest absolute Gasteiger partial charge is 0.123 e. The van der Waals surface area contributed by atoms with Crippen LogP contribution in [-0.4, -0.2) is 19.3 Å². The molecule has 106 valence electrons. The van der Waals surface area contributed by atoms with Crippen LogP contribution >= 0.6 is 0 Å². The lowest BCUT2D eigenvalue weighted by molar-refractivity contribution is 0.00510. The van der Waals surface area contributed by atoms with Gasteiger partial charge in [-0.05, 0) is 62.4 Å². The number of hydrogen-bond acceptors (Lipinski definition) is 2. The van der Waals surface area contributed by atoms with Gasteiger partial charge in [-0.3, -0.25) is 0 Å². The normalized spacial score (nSPS) is 21.3. The van der Waals surface area contributed by atoms with Gasteiger partial charge in [0, 0.05) is 12.6 Å². The Hall–Kier alpha value is -0.930. The minimum Gasteiger partial charge on any atom is -0.378 e. The molecule has 0 amide bonds. The fourth-order valence-electron chi connectivity index (χ4n) is 2.85. The van der Waals surface area contributed by atoms with Crippen molar-refractivity contribution in [3.8, 4) is 0 Å². The maximum Gasteiger partial charge on any atom is 0.123 e. The third-order valence-corrected chi connectivity index (χ3v) is 3.83. The maximum absolute atomic E-state index is 13.2. The van der Waals surface area contributed by atoms with Gasteiger partial charge in [-0.1, -0.05) is 13.0 Å². The van der Waals surface area contributed by atoms with Crippen LogP contribution in [0.5, 0.6) is 0 Å². The van der Waals surface area contributed by atoms with Gasteiger partial charge in [-0.25, -0.2) is 4.39 Å². The van der Waals surface area contributed by atoms with Crippen LogP contribution < -0.4 is 5.32 Å². The zero-order valence-electron chi connectivity index (χ0n) is 11.9. The molecule has 0 saturated carbocycles. The van der Waals surface area contributed by atoms with Gasteiger partial charge in [0.25, 0.3) is 0 Å². The van der Waals surface area contributed by atoms with E-state index in [4.69, 9.17) is 4.74 Å². The average molecular weight is 265 g/mol. The third-order valence-electron chi connectivity index (χ3n) is 3.83. The van der Waals surface area contributed by atoms with Gasteiger partial charge < -0.3 is 10.1 Å². The molecule has 1 aromatic rings. The van der Waals surface area contributed by atoms with E-state index in [2.05, 4.69) is 12.2 Å². The Morgan fingerprint density at radius 3 is 2.89 bits per heavy atom. The molecule has 2 nitrogen and oxygen atoms in total. The molecule has 2 rings (SSSR count). The molecule has 0 aliphatic carbocycles. The molecule has 2 atom stereocenters. The van der Waals surface area contributed by atoms with Crippen molar-refractivity contribution in [2.75, 3.05) is 13.2 Å². The summed E-state index contributed by atoms with van der Waals surface area (Å²) in [6, 6.07) is 5.32. The molecular weight excluding hydrogens is 241 g/mol. The van der Waals surface area contributed by atoms with Crippen LogP contribution in [0.25, 0.3) is 0 Å². The van der Waals surface area contributed by atoms with Gasteiger partial charge in [-0.15, -0.1) is 0 Å². The molecule has 0 radical (unpaired) electrons. The number of nitrogens with one attached hydrogen (secondary N) is 1. The zero-order chi connectivity index (χ0) is 13.7. The topological polar surface area (TPSA) is 21.3 Å². The molecular formula is C16H24FNO. The van der Waals surface area contributed by atoms with E-state index in [1.165, 1.54) is 18.4 Å². The Kier molecular flexibility index (Phi) is 5.34. The second-order valence-corrected chi connectivity index (χ2v) is 5.34. The molecule has 0 aromatic heterocycles. The zero-order valence-corrected chi connectivity index (χ0v) is 11.9. The average Bonchev–Trinajstić information content (AvgIpc) is 2.39. The van der Waals surface area contributed by atoms with Crippen LogP contribution in [0.1, 0.15) is 49.8 Å². The van der Waals surface area contributed by atoms with E-state index in [1.807, 2.05) is 13.0 Å². The summed E-state index contributed by atoms with van der Waals surface area (Å²) in [6.07, 6.45) is 4.88. The number of rotatable bonds is 5. The van der Waals surface area contributed by atoms with E-state index in [-0.39, 0.29) is 11.9 Å². The van der Waals surface area contributed by atoms with Crippen LogP contribution in [-0.2, 0) is 4.74 Å². The largest absolute Gasteiger partial charge is 0.378 e. The molecule has 19 heavy (non-hydrogen) atoms. The van der Waals surface area contributed by atoms with E-state index >= 15 is 0 Å². The van der Waals surface area contributed by atoms with Crippen LogP contribution in [0.4, 0.5) is 4.39 Å². The van der Waals surface area contributed by atoms with Crippen LogP contribution in [0.2, 0.25) is 0 Å². The molecule has 1 saturated heterocycles. The Morgan fingerprint density at radius 1 is 1.42 bits per heavy atom. The number of hydrogen-bond donors (Lipinski definition) is 1. The summed E-state index contributed by atoms with van der Waals surface area (Å²) >= 11 is 0. The molecule has 0 bridgehead atoms. The molecule has 2 unspecified atom stereocenters. The molecule has 0 spiro atoms. The Bertz CT molecular complexity index is 402. The van der Waals surface area contributed by atoms with Gasteiger partial charge in [0.1, 0.15) is 5.82 Å². The lowest BCUT2D eigenvalue weighted by atomic mass is 9.94. The summed E-state index contributed by atoms with van der Waals surface area (Å²) in [5.41, 5.74) is 2.21. The van der Waals surface area contributed by atoms with Crippen LogP contribution in [0, 0.1) is 12.7 Å². The van der Waals surface area contributed by atoms with Crippen molar-refractivity contribution in [1.82, 2.24) is 5.32 Å². The van der Waals surface area contributed by atoms with Crippen molar-refractivity contribution < 1.29 is 9.13 Å². The molecule has 1 N–H and O–H groups in total. The molecule has 1 aliphatic heterocycles. The van der Waals surface area contributed by atoms with E-state index in [0.29, 0.717) is 6.10 Å².